The number of carboxylic acid groups (broad SMARTS) is 2. The first-order valence-corrected chi connectivity index (χ1v) is 17.2. The molecule has 0 unspecified atom stereocenters. The number of carbonyl (C=O) groups excluding carboxylic acids is 2. The minimum Gasteiger partial charge on any atom is -0.693 e. The molecule has 0 aliphatic rings. The predicted octanol–water partition coefficient (Wildman–Crippen LogP) is 11.0. The van der Waals surface area contributed by atoms with Crippen LogP contribution in [-0.4, -0.2) is 11.9 Å². The van der Waals surface area contributed by atoms with E-state index in [2.05, 4.69) is 38.2 Å². The second kappa shape index (κ2) is 47.9. The molecule has 0 fully saturated rings. The summed E-state index contributed by atoms with van der Waals surface area (Å²) in [4.78, 5) is 20.4. The van der Waals surface area contributed by atoms with Gasteiger partial charge < -0.3 is 32.1 Å². The molecule has 6 nitrogen and oxygen atoms in total. The van der Waals surface area contributed by atoms with E-state index >= 15 is 0 Å². The molecule has 43 heavy (non-hydrogen) atoms. The van der Waals surface area contributed by atoms with Gasteiger partial charge in [-0.1, -0.05) is 141 Å². The van der Waals surface area contributed by atoms with Crippen LogP contribution in [0.3, 0.4) is 0 Å². The average molecular weight is 660 g/mol. The van der Waals surface area contributed by atoms with E-state index in [-0.39, 0.29) is 44.6 Å². The van der Waals surface area contributed by atoms with E-state index in [1.54, 1.807) is 0 Å². The number of carboxylic acids is 2. The fourth-order valence-electron chi connectivity index (χ4n) is 4.68. The van der Waals surface area contributed by atoms with Crippen molar-refractivity contribution in [3.8, 4) is 0 Å². The molecule has 0 heterocycles. The molecule has 0 aliphatic carbocycles. The first-order valence-electron chi connectivity index (χ1n) is 17.2. The quantitative estimate of drug-likeness (QED) is 0.0428. The Balaban J connectivity index is -0.000000209. The van der Waals surface area contributed by atoms with E-state index in [1.165, 1.54) is 128 Å². The van der Waals surface area contributed by atoms with Crippen molar-refractivity contribution in [3.05, 3.63) is 36.6 Å². The summed E-state index contributed by atoms with van der Waals surface area (Å²) in [5.74, 6) is -1.83. The van der Waals surface area contributed by atoms with Gasteiger partial charge in [0, 0.05) is 11.9 Å². The molecule has 0 spiro atoms. The number of aliphatic carboxylic acids is 2. The zero-order chi connectivity index (χ0) is 29.8. The predicted molar refractivity (Wildman–Crippen MR) is 179 cm³/mol. The van der Waals surface area contributed by atoms with Crippen LogP contribution in [0, 0.1) is 0 Å². The minimum absolute atomic E-state index is 0. The molecule has 0 rings (SSSR count). The van der Waals surface area contributed by atoms with E-state index in [0.717, 1.165) is 38.5 Å². The Morgan fingerprint density at radius 3 is 0.837 bits per heavy atom. The van der Waals surface area contributed by atoms with Gasteiger partial charge in [0.2, 0.25) is 0 Å². The Kier molecular flexibility index (Phi) is 57.4. The first kappa shape index (κ1) is 51.5. The van der Waals surface area contributed by atoms with Crippen molar-refractivity contribution in [3.63, 3.8) is 0 Å². The number of nitrogens with two attached hydrogens (primary N) is 2. The maximum absolute atomic E-state index is 10.2. The number of carbonyl (C=O) groups is 2. The third kappa shape index (κ3) is 57.2. The summed E-state index contributed by atoms with van der Waals surface area (Å²) >= 11 is 0. The van der Waals surface area contributed by atoms with Gasteiger partial charge in [-0.05, 0) is 77.0 Å². The van der Waals surface area contributed by atoms with E-state index in [0.29, 0.717) is 0 Å². The minimum atomic E-state index is -0.914. The smallest absolute Gasteiger partial charge is 0.693 e. The Morgan fingerprint density at radius 2 is 0.605 bits per heavy atom. The van der Waals surface area contributed by atoms with Crippen LogP contribution in [0.15, 0.2) is 24.3 Å². The summed E-state index contributed by atoms with van der Waals surface area (Å²) in [5, 5.41) is 20.4. The second-order valence-corrected chi connectivity index (χ2v) is 11.4. The van der Waals surface area contributed by atoms with Crippen LogP contribution in [-0.2, 0) is 29.1 Å². The SMILES string of the molecule is CCCCCCCCC=CCCCCCCCC(=O)[O-].CCCCCCCCC=CCCCCCCCC(=O)[O-].[NH2-].[NH2-].[Zn+2]. The molecule has 0 aliphatic heterocycles. The van der Waals surface area contributed by atoms with E-state index in [4.69, 9.17) is 0 Å². The molecule has 252 valence electrons. The van der Waals surface area contributed by atoms with Crippen LogP contribution in [0.4, 0.5) is 0 Å². The third-order valence-corrected chi connectivity index (χ3v) is 7.29. The van der Waals surface area contributed by atoms with Crippen LogP contribution >= 0.6 is 0 Å². The summed E-state index contributed by atoms with van der Waals surface area (Å²) in [7, 11) is 0. The van der Waals surface area contributed by atoms with Crippen molar-refractivity contribution < 1.29 is 39.3 Å². The van der Waals surface area contributed by atoms with Crippen molar-refractivity contribution in [2.75, 3.05) is 0 Å². The molecule has 0 aromatic carbocycles. The monoisotopic (exact) mass is 658 g/mol. The molecule has 0 atom stereocenters. The van der Waals surface area contributed by atoms with Gasteiger partial charge in [-0.15, -0.1) is 0 Å². The first-order chi connectivity index (χ1) is 19.5. The summed E-state index contributed by atoms with van der Waals surface area (Å²) in [5.41, 5.74) is 0. The second-order valence-electron chi connectivity index (χ2n) is 11.4. The zero-order valence-corrected chi connectivity index (χ0v) is 31.6. The van der Waals surface area contributed by atoms with Gasteiger partial charge in [-0.2, -0.15) is 0 Å². The molecule has 0 aromatic rings. The molecule has 4 N–H and O–H groups in total. The molecular weight excluding hydrogens is 590 g/mol. The molecule has 0 amide bonds. The zero-order valence-electron chi connectivity index (χ0n) is 28.6. The normalized spacial score (nSPS) is 10.5. The number of hydrogen-bond acceptors (Lipinski definition) is 4. The largest absolute Gasteiger partial charge is 2.00 e. The van der Waals surface area contributed by atoms with Crippen molar-refractivity contribution in [2.45, 2.75) is 194 Å². The fourth-order valence-corrected chi connectivity index (χ4v) is 4.68. The molecular formula is C36H70N2O4Zn-2. The van der Waals surface area contributed by atoms with Crippen LogP contribution < -0.4 is 10.2 Å². The maximum atomic E-state index is 10.2. The van der Waals surface area contributed by atoms with Crippen molar-refractivity contribution in [1.29, 1.82) is 0 Å². The standard InChI is InChI=1S/2C18H34O2.2H2N.Zn/c2*1-2-3-4-5-6-7-8-9-10-11-12-13-14-15-16-17-18(19)20;;;/h2*9-10H,2-8,11-17H2,1H3,(H,19,20);2*1H2;/q;;2*-1;+2/p-2. The molecule has 0 saturated carbocycles. The van der Waals surface area contributed by atoms with Crippen molar-refractivity contribution in [2.24, 2.45) is 0 Å². The Bertz CT molecular complexity index is 536. The molecule has 0 radical (unpaired) electrons. The van der Waals surface area contributed by atoms with Gasteiger partial charge in [-0.3, -0.25) is 0 Å². The van der Waals surface area contributed by atoms with Gasteiger partial charge in [0.15, 0.2) is 0 Å². The number of hydrogen-bond donors (Lipinski definition) is 0. The van der Waals surface area contributed by atoms with Crippen LogP contribution in [0.25, 0.3) is 12.3 Å². The van der Waals surface area contributed by atoms with Gasteiger partial charge in [0.05, 0.1) is 0 Å². The number of unbranched alkanes of at least 4 members (excludes halogenated alkanes) is 22. The summed E-state index contributed by atoms with van der Waals surface area (Å²) < 4.78 is 0. The van der Waals surface area contributed by atoms with E-state index in [1.807, 2.05) is 0 Å². The van der Waals surface area contributed by atoms with Crippen molar-refractivity contribution >= 4 is 11.9 Å². The fraction of sp³-hybridized carbons (Fsp3) is 0.833. The van der Waals surface area contributed by atoms with E-state index < -0.39 is 11.9 Å². The Morgan fingerprint density at radius 1 is 0.395 bits per heavy atom. The maximum Gasteiger partial charge on any atom is 2.00 e. The number of rotatable bonds is 30. The summed E-state index contributed by atoms with van der Waals surface area (Å²) in [6, 6.07) is 0. The van der Waals surface area contributed by atoms with Crippen molar-refractivity contribution in [1.82, 2.24) is 0 Å². The van der Waals surface area contributed by atoms with E-state index in [9.17, 15) is 19.8 Å². The Labute approximate surface area is 280 Å². The number of allylic oxidation sites excluding steroid dienone is 4. The van der Waals surface area contributed by atoms with Gasteiger partial charge in [-0.25, -0.2) is 0 Å². The molecule has 0 bridgehead atoms. The van der Waals surface area contributed by atoms with Crippen LogP contribution in [0.1, 0.15) is 194 Å². The summed E-state index contributed by atoms with van der Waals surface area (Å²) in [6.45, 7) is 4.51. The van der Waals surface area contributed by atoms with Gasteiger partial charge in [0.1, 0.15) is 0 Å². The Hall–Kier alpha value is -1.04. The molecule has 0 saturated heterocycles. The van der Waals surface area contributed by atoms with Crippen LogP contribution in [0.5, 0.6) is 0 Å². The van der Waals surface area contributed by atoms with Gasteiger partial charge >= 0.3 is 19.5 Å². The van der Waals surface area contributed by atoms with Crippen LogP contribution in [0.2, 0.25) is 0 Å². The average Bonchev–Trinajstić information content (AvgIpc) is 2.93. The molecule has 0 aromatic heterocycles. The third-order valence-electron chi connectivity index (χ3n) is 7.29. The van der Waals surface area contributed by atoms with Gasteiger partial charge in [0.25, 0.3) is 0 Å². The molecule has 7 heteroatoms. The summed E-state index contributed by atoms with van der Waals surface area (Å²) in [6.07, 6.45) is 41.8. The topological polar surface area (TPSA) is 147 Å².